The zero-order chi connectivity index (χ0) is 27.9. The van der Waals surface area contributed by atoms with Gasteiger partial charge in [-0.05, 0) is 98.4 Å². The first-order chi connectivity index (χ1) is 18.6. The summed E-state index contributed by atoms with van der Waals surface area (Å²) >= 11 is 1.90. The molecule has 7 heteroatoms. The lowest BCUT2D eigenvalue weighted by Gasteiger charge is -2.58. The first kappa shape index (κ1) is 27.2. The van der Waals surface area contributed by atoms with E-state index in [2.05, 4.69) is 25.3 Å². The quantitative estimate of drug-likeness (QED) is 0.378. The van der Waals surface area contributed by atoms with Gasteiger partial charge in [0.25, 0.3) is 0 Å². The Balaban J connectivity index is 1.30. The Bertz CT molecular complexity index is 1260. The Morgan fingerprint density at radius 3 is 2.44 bits per heavy atom. The highest BCUT2D eigenvalue weighted by molar-refractivity contribution is 7.98. The second-order valence-electron chi connectivity index (χ2n) is 13.4. The molecule has 8 atom stereocenters. The summed E-state index contributed by atoms with van der Waals surface area (Å²) in [5, 5.41) is 0.183. The minimum absolute atomic E-state index is 0.183. The number of esters is 2. The predicted molar refractivity (Wildman–Crippen MR) is 152 cm³/mol. The monoisotopic (exact) mass is 553 g/mol. The van der Waals surface area contributed by atoms with Crippen LogP contribution in [-0.4, -0.2) is 36.5 Å². The minimum atomic E-state index is -0.471. The van der Waals surface area contributed by atoms with Gasteiger partial charge in [0, 0.05) is 23.6 Å². The molecule has 0 bridgehead atoms. The Kier molecular flexibility index (Phi) is 6.64. The molecule has 0 unspecified atom stereocenters. The van der Waals surface area contributed by atoms with E-state index in [0.29, 0.717) is 52.3 Å². The number of fused-ring (bicyclic) bond motifs is 6. The van der Waals surface area contributed by atoms with Crippen LogP contribution in [-0.2, 0) is 20.0 Å². The zero-order valence-electron chi connectivity index (χ0n) is 24.3. The Morgan fingerprint density at radius 2 is 1.72 bits per heavy atom. The van der Waals surface area contributed by atoms with E-state index in [1.165, 1.54) is 51.9 Å². The number of rotatable bonds is 4. The topological polar surface area (TPSA) is 74.6 Å². The van der Waals surface area contributed by atoms with Crippen molar-refractivity contribution in [1.29, 1.82) is 0 Å². The molecule has 1 aromatic heterocycles. The van der Waals surface area contributed by atoms with Crippen LogP contribution in [0.3, 0.4) is 0 Å². The number of hydrogen-bond acceptors (Lipinski definition) is 6. The molecule has 3 fully saturated rings. The number of hydrogen-bond donors (Lipinski definition) is 0. The van der Waals surface area contributed by atoms with Gasteiger partial charge >= 0.3 is 11.9 Å². The molecule has 0 spiro atoms. The molecular weight excluding hydrogens is 510 g/mol. The van der Waals surface area contributed by atoms with Crippen molar-refractivity contribution in [2.45, 2.75) is 90.2 Å². The Labute approximate surface area is 236 Å². The fourth-order valence-electron chi connectivity index (χ4n) is 10.2. The number of ketones is 1. The summed E-state index contributed by atoms with van der Waals surface area (Å²) < 4.78 is 12.4. The molecule has 39 heavy (non-hydrogen) atoms. The molecule has 1 aliphatic heterocycles. The van der Waals surface area contributed by atoms with Gasteiger partial charge in [-0.15, -0.1) is 11.8 Å². The van der Waals surface area contributed by atoms with Crippen molar-refractivity contribution in [3.05, 3.63) is 34.2 Å². The van der Waals surface area contributed by atoms with Gasteiger partial charge < -0.3 is 14.0 Å². The van der Waals surface area contributed by atoms with E-state index in [9.17, 15) is 14.4 Å². The van der Waals surface area contributed by atoms with Crippen LogP contribution in [0.2, 0.25) is 0 Å². The van der Waals surface area contributed by atoms with E-state index in [1.54, 1.807) is 0 Å². The van der Waals surface area contributed by atoms with Crippen LogP contribution in [0.4, 0.5) is 0 Å². The van der Waals surface area contributed by atoms with Crippen LogP contribution >= 0.6 is 11.8 Å². The normalized spacial score (nSPS) is 37.7. The highest BCUT2D eigenvalue weighted by Gasteiger charge is 2.60. The molecule has 0 amide bonds. The second-order valence-corrected chi connectivity index (χ2v) is 14.5. The molecule has 4 aliphatic carbocycles. The molecule has 2 heterocycles. The maximum absolute atomic E-state index is 12.8. The number of carbonyl (C=O) groups is 3. The molecule has 0 N–H and O–H groups in total. The third-order valence-corrected chi connectivity index (χ3v) is 13.5. The van der Waals surface area contributed by atoms with Crippen LogP contribution in [0.25, 0.3) is 0 Å². The third kappa shape index (κ3) is 3.77. The maximum Gasteiger partial charge on any atom is 0.340 e. The van der Waals surface area contributed by atoms with E-state index < -0.39 is 11.9 Å². The Morgan fingerprint density at radius 1 is 1.00 bits per heavy atom. The summed E-state index contributed by atoms with van der Waals surface area (Å²) in [4.78, 5) is 37.8. The fourth-order valence-corrected chi connectivity index (χ4v) is 11.8. The molecule has 6 rings (SSSR count). The van der Waals surface area contributed by atoms with Crippen LogP contribution in [0.1, 0.15) is 110 Å². The number of aromatic nitrogens is 1. The Hall–Kier alpha value is -2.02. The summed E-state index contributed by atoms with van der Waals surface area (Å²) in [7, 11) is 2.74. The van der Waals surface area contributed by atoms with Crippen LogP contribution in [0, 0.1) is 47.3 Å². The van der Waals surface area contributed by atoms with Crippen LogP contribution in [0.15, 0.2) is 11.6 Å². The van der Waals surface area contributed by atoms with Crippen molar-refractivity contribution in [3.8, 4) is 0 Å². The number of ether oxygens (including phenoxy) is 2. The molecule has 0 aromatic carbocycles. The molecular formula is C32H43NO5S. The van der Waals surface area contributed by atoms with Gasteiger partial charge in [-0.3, -0.25) is 4.79 Å². The van der Waals surface area contributed by atoms with Crippen molar-refractivity contribution in [3.63, 3.8) is 0 Å². The number of carbonyl (C=O) groups excluding carboxylic acids is 3. The van der Waals surface area contributed by atoms with Crippen LogP contribution in [0.5, 0.6) is 0 Å². The van der Waals surface area contributed by atoms with Gasteiger partial charge in [0.2, 0.25) is 0 Å². The number of methoxy groups -OCH3 is 2. The second kappa shape index (κ2) is 9.53. The van der Waals surface area contributed by atoms with Gasteiger partial charge in [0.05, 0.1) is 30.7 Å². The zero-order valence-corrected chi connectivity index (χ0v) is 25.1. The van der Waals surface area contributed by atoms with Crippen molar-refractivity contribution in [2.24, 2.45) is 40.4 Å². The summed E-state index contributed by atoms with van der Waals surface area (Å²) in [6, 6.07) is 0. The van der Waals surface area contributed by atoms with Crippen molar-refractivity contribution in [2.75, 3.05) is 14.2 Å². The SMILES string of the molecule is COC(=O)c1c(C(=O)OC)c2n(c1C)[C@@H]([C@@H](C)[C@H]1CC[C@H]3[C@@H]4CCC5=CC(=O)CC[C@]5(C)[C@H]4CC[C@]13C)SC2. The van der Waals surface area contributed by atoms with Crippen molar-refractivity contribution >= 4 is 29.5 Å². The lowest BCUT2D eigenvalue weighted by molar-refractivity contribution is -0.117. The highest BCUT2D eigenvalue weighted by Crippen LogP contribution is 2.68. The van der Waals surface area contributed by atoms with E-state index in [4.69, 9.17) is 9.47 Å². The third-order valence-electron chi connectivity index (χ3n) is 12.1. The minimum Gasteiger partial charge on any atom is -0.465 e. The molecule has 5 aliphatic rings. The van der Waals surface area contributed by atoms with Crippen molar-refractivity contribution < 1.29 is 23.9 Å². The van der Waals surface area contributed by atoms with E-state index in [-0.39, 0.29) is 10.8 Å². The maximum atomic E-state index is 12.8. The number of thioether (sulfide) groups is 1. The summed E-state index contributed by atoms with van der Waals surface area (Å²) in [5.41, 5.74) is 4.39. The molecule has 3 saturated carbocycles. The predicted octanol–water partition coefficient (Wildman–Crippen LogP) is 6.90. The largest absolute Gasteiger partial charge is 0.465 e. The molecule has 0 saturated heterocycles. The fraction of sp³-hybridized carbons (Fsp3) is 0.719. The summed E-state index contributed by atoms with van der Waals surface area (Å²) in [5.74, 6) is 3.26. The first-order valence-corrected chi connectivity index (χ1v) is 15.9. The number of nitrogens with zero attached hydrogens (tertiary/aromatic N) is 1. The first-order valence-electron chi connectivity index (χ1n) is 14.8. The highest BCUT2D eigenvalue weighted by atomic mass is 32.2. The van der Waals surface area contributed by atoms with Gasteiger partial charge in [-0.2, -0.15) is 0 Å². The van der Waals surface area contributed by atoms with Gasteiger partial charge in [0.15, 0.2) is 5.78 Å². The van der Waals surface area contributed by atoms with Gasteiger partial charge in [0.1, 0.15) is 0 Å². The van der Waals surface area contributed by atoms with Crippen molar-refractivity contribution in [1.82, 2.24) is 4.57 Å². The average Bonchev–Trinajstić information content (AvgIpc) is 3.59. The van der Waals surface area contributed by atoms with E-state index in [1.807, 2.05) is 24.8 Å². The standard InChI is InChI=1S/C32H43NO5S/c1-17(28-33-18(2)26(29(35)37-5)27(30(36)38-6)25(33)16-39-28)22-9-10-23-21-8-7-19-15-20(34)11-13-31(19,3)24(21)12-14-32(22,23)4/h15,17,21-24,28H,7-14,16H2,1-6H3/t17-,21-,22+,23-,24-,28+,31-,32+/m0/s1. The van der Waals surface area contributed by atoms with Crippen LogP contribution < -0.4 is 0 Å². The lowest BCUT2D eigenvalue weighted by Crippen LogP contribution is -2.51. The molecule has 6 nitrogen and oxygen atoms in total. The van der Waals surface area contributed by atoms with Gasteiger partial charge in [-0.25, -0.2) is 9.59 Å². The average molecular weight is 554 g/mol. The molecule has 1 aromatic rings. The van der Waals surface area contributed by atoms with E-state index in [0.717, 1.165) is 36.1 Å². The lowest BCUT2D eigenvalue weighted by atomic mass is 9.46. The summed E-state index contributed by atoms with van der Waals surface area (Å²) in [6.07, 6.45) is 11.1. The number of allylic oxidation sites excluding steroid dienone is 1. The smallest absolute Gasteiger partial charge is 0.340 e. The van der Waals surface area contributed by atoms with E-state index >= 15 is 0 Å². The molecule has 212 valence electrons. The van der Waals surface area contributed by atoms with Gasteiger partial charge in [-0.1, -0.05) is 26.3 Å². The molecule has 0 radical (unpaired) electrons. The summed E-state index contributed by atoms with van der Waals surface area (Å²) in [6.45, 7) is 9.38.